The molecule has 1 aliphatic rings. The fourth-order valence-electron chi connectivity index (χ4n) is 2.64. The van der Waals surface area contributed by atoms with Crippen LogP contribution in [0.3, 0.4) is 0 Å². The first-order valence-electron chi connectivity index (χ1n) is 6.56. The average Bonchev–Trinajstić information content (AvgIpc) is 2.37. The van der Waals surface area contributed by atoms with Crippen molar-refractivity contribution in [3.8, 4) is 0 Å². The Hall–Kier alpha value is -1.27. The number of anilines is 1. The Bertz CT molecular complexity index is 462. The zero-order valence-corrected chi connectivity index (χ0v) is 11.6. The van der Waals surface area contributed by atoms with Gasteiger partial charge in [-0.1, -0.05) is 6.07 Å². The van der Waals surface area contributed by atoms with E-state index in [4.69, 9.17) is 0 Å². The third-order valence-corrected chi connectivity index (χ3v) is 3.75. The van der Waals surface area contributed by atoms with E-state index in [2.05, 4.69) is 0 Å². The monoisotopic (exact) mass is 288 g/mol. The Balaban J connectivity index is 2.14. The predicted octanol–water partition coefficient (Wildman–Crippen LogP) is 2.21. The van der Waals surface area contributed by atoms with Crippen molar-refractivity contribution in [3.05, 3.63) is 29.8 Å². The van der Waals surface area contributed by atoms with Crippen LogP contribution in [0.15, 0.2) is 24.3 Å². The molecule has 1 aromatic rings. The molecule has 1 fully saturated rings. The first-order valence-corrected chi connectivity index (χ1v) is 6.56. The van der Waals surface area contributed by atoms with Crippen LogP contribution in [0.1, 0.15) is 12.0 Å². The van der Waals surface area contributed by atoms with Crippen LogP contribution >= 0.6 is 0 Å². The Labute approximate surface area is 116 Å². The number of hydrogen-bond donors (Lipinski definition) is 1. The lowest BCUT2D eigenvalue weighted by atomic mass is 10.00. The van der Waals surface area contributed by atoms with Crippen LogP contribution in [0.2, 0.25) is 0 Å². The van der Waals surface area contributed by atoms with Crippen molar-refractivity contribution in [2.75, 3.05) is 32.1 Å². The summed E-state index contributed by atoms with van der Waals surface area (Å²) in [5, 5.41) is 10.1. The molecule has 1 heterocycles. The van der Waals surface area contributed by atoms with Crippen molar-refractivity contribution in [3.63, 3.8) is 0 Å². The van der Waals surface area contributed by atoms with Crippen molar-refractivity contribution < 1.29 is 18.3 Å². The molecular weight excluding hydrogens is 269 g/mol. The second-order valence-electron chi connectivity index (χ2n) is 5.38. The van der Waals surface area contributed by atoms with Crippen LogP contribution in [-0.4, -0.2) is 49.3 Å². The molecule has 1 N–H and O–H groups in total. The van der Waals surface area contributed by atoms with Gasteiger partial charge >= 0.3 is 6.18 Å². The first kappa shape index (κ1) is 15.1. The molecule has 3 nitrogen and oxygen atoms in total. The minimum Gasteiger partial charge on any atom is -0.390 e. The summed E-state index contributed by atoms with van der Waals surface area (Å²) in [6.45, 7) is 0.991. The third-order valence-electron chi connectivity index (χ3n) is 3.75. The molecule has 1 saturated heterocycles. The first-order chi connectivity index (χ1) is 9.29. The van der Waals surface area contributed by atoms with E-state index in [0.29, 0.717) is 18.8 Å². The minimum atomic E-state index is -4.34. The van der Waals surface area contributed by atoms with Crippen molar-refractivity contribution in [1.29, 1.82) is 0 Å². The number of rotatable bonds is 2. The zero-order chi connectivity index (χ0) is 14.9. The molecule has 0 saturated carbocycles. The summed E-state index contributed by atoms with van der Waals surface area (Å²) < 4.78 is 38.1. The lowest BCUT2D eigenvalue weighted by Crippen LogP contribution is -2.52. The van der Waals surface area contributed by atoms with E-state index in [1.165, 1.54) is 6.07 Å². The summed E-state index contributed by atoms with van der Waals surface area (Å²) in [5.41, 5.74) is -0.143. The zero-order valence-electron chi connectivity index (χ0n) is 11.6. The Morgan fingerprint density at radius 1 is 1.30 bits per heavy atom. The van der Waals surface area contributed by atoms with Gasteiger partial charge in [-0.2, -0.15) is 13.2 Å². The van der Waals surface area contributed by atoms with E-state index in [1.54, 1.807) is 11.0 Å². The normalized spacial score (nSPS) is 24.2. The summed E-state index contributed by atoms with van der Waals surface area (Å²) in [6.07, 6.45) is -4.17. The number of aliphatic hydroxyl groups is 1. The van der Waals surface area contributed by atoms with Crippen LogP contribution in [-0.2, 0) is 6.18 Å². The number of halogens is 3. The van der Waals surface area contributed by atoms with E-state index in [0.717, 1.165) is 18.6 Å². The topological polar surface area (TPSA) is 26.7 Å². The second-order valence-corrected chi connectivity index (χ2v) is 5.38. The van der Waals surface area contributed by atoms with Gasteiger partial charge in [-0.15, -0.1) is 0 Å². The van der Waals surface area contributed by atoms with Gasteiger partial charge in [-0.25, -0.2) is 0 Å². The molecule has 0 amide bonds. The smallest absolute Gasteiger partial charge is 0.390 e. The Morgan fingerprint density at radius 2 is 2.00 bits per heavy atom. The van der Waals surface area contributed by atoms with Crippen molar-refractivity contribution in [2.45, 2.75) is 24.7 Å². The lowest BCUT2D eigenvalue weighted by Gasteiger charge is -2.40. The minimum absolute atomic E-state index is 0.0528. The lowest BCUT2D eigenvalue weighted by molar-refractivity contribution is -0.137. The van der Waals surface area contributed by atoms with Gasteiger partial charge in [0.05, 0.1) is 11.7 Å². The molecule has 0 aromatic heterocycles. The van der Waals surface area contributed by atoms with E-state index in [1.807, 2.05) is 19.0 Å². The van der Waals surface area contributed by atoms with Gasteiger partial charge < -0.3 is 14.9 Å². The molecule has 2 atom stereocenters. The summed E-state index contributed by atoms with van der Waals surface area (Å²) in [4.78, 5) is 3.76. The predicted molar refractivity (Wildman–Crippen MR) is 71.8 cm³/mol. The van der Waals surface area contributed by atoms with Gasteiger partial charge in [0, 0.05) is 24.8 Å². The van der Waals surface area contributed by atoms with E-state index < -0.39 is 17.8 Å². The number of benzene rings is 1. The molecule has 0 aliphatic carbocycles. The highest BCUT2D eigenvalue weighted by molar-refractivity contribution is 5.50. The molecule has 0 spiro atoms. The average molecular weight is 288 g/mol. The number of alkyl halides is 3. The molecular formula is C14H19F3N2O. The second kappa shape index (κ2) is 5.61. The molecule has 20 heavy (non-hydrogen) atoms. The summed E-state index contributed by atoms with van der Waals surface area (Å²) in [5.74, 6) is 0. The number of hydrogen-bond acceptors (Lipinski definition) is 3. The van der Waals surface area contributed by atoms with Crippen LogP contribution in [0.25, 0.3) is 0 Å². The molecule has 0 bridgehead atoms. The largest absolute Gasteiger partial charge is 0.416 e. The SMILES string of the molecule is CN(C)[C@@H]1CCN(c2cccc(C(F)(F)F)c2)CC1O. The fourth-order valence-corrected chi connectivity index (χ4v) is 2.64. The van der Waals surface area contributed by atoms with Gasteiger partial charge in [0.1, 0.15) is 0 Å². The van der Waals surface area contributed by atoms with Crippen molar-refractivity contribution in [1.82, 2.24) is 4.90 Å². The quantitative estimate of drug-likeness (QED) is 0.904. The summed E-state index contributed by atoms with van der Waals surface area (Å²) >= 11 is 0. The van der Waals surface area contributed by atoms with Crippen LogP contribution in [0.5, 0.6) is 0 Å². The molecule has 1 aliphatic heterocycles. The molecule has 112 valence electrons. The molecule has 0 radical (unpaired) electrons. The Kier molecular flexibility index (Phi) is 4.25. The van der Waals surface area contributed by atoms with Gasteiger partial charge in [-0.05, 0) is 38.7 Å². The maximum absolute atomic E-state index is 12.7. The molecule has 2 rings (SSSR count). The highest BCUT2D eigenvalue weighted by Crippen LogP contribution is 2.32. The maximum atomic E-state index is 12.7. The van der Waals surface area contributed by atoms with Crippen molar-refractivity contribution >= 4 is 5.69 Å². The number of likely N-dealkylation sites (N-methyl/N-ethyl adjacent to an activating group) is 1. The Morgan fingerprint density at radius 3 is 2.55 bits per heavy atom. The number of nitrogens with zero attached hydrogens (tertiary/aromatic N) is 2. The highest BCUT2D eigenvalue weighted by atomic mass is 19.4. The van der Waals surface area contributed by atoms with Gasteiger partial charge in [-0.3, -0.25) is 0 Å². The van der Waals surface area contributed by atoms with Crippen LogP contribution in [0.4, 0.5) is 18.9 Å². The van der Waals surface area contributed by atoms with Gasteiger partial charge in [0.2, 0.25) is 0 Å². The fraction of sp³-hybridized carbons (Fsp3) is 0.571. The van der Waals surface area contributed by atoms with Gasteiger partial charge in [0.25, 0.3) is 0 Å². The van der Waals surface area contributed by atoms with E-state index >= 15 is 0 Å². The van der Waals surface area contributed by atoms with Crippen LogP contribution < -0.4 is 4.90 Å². The van der Waals surface area contributed by atoms with Crippen LogP contribution in [0, 0.1) is 0 Å². The van der Waals surface area contributed by atoms with Gasteiger partial charge in [0.15, 0.2) is 0 Å². The third kappa shape index (κ3) is 3.24. The molecule has 6 heteroatoms. The number of piperidine rings is 1. The summed E-state index contributed by atoms with van der Waals surface area (Å²) in [6, 6.07) is 5.31. The van der Waals surface area contributed by atoms with E-state index in [-0.39, 0.29) is 6.04 Å². The number of aliphatic hydroxyl groups excluding tert-OH is 1. The van der Waals surface area contributed by atoms with Crippen molar-refractivity contribution in [2.24, 2.45) is 0 Å². The maximum Gasteiger partial charge on any atom is 0.416 e. The molecule has 1 aromatic carbocycles. The van der Waals surface area contributed by atoms with E-state index in [9.17, 15) is 18.3 Å². The highest BCUT2D eigenvalue weighted by Gasteiger charge is 2.32. The number of β-amino-alcohol motifs (C(OH)–C–C–N with tert-alkyl or cyclic N) is 1. The standard InChI is InChI=1S/C14H19F3N2O/c1-18(2)12-6-7-19(9-13(12)20)11-5-3-4-10(8-11)14(15,16)17/h3-5,8,12-13,20H,6-7,9H2,1-2H3/t12-,13?/m1/s1. The summed E-state index contributed by atoms with van der Waals surface area (Å²) in [7, 11) is 3.79. The molecule has 1 unspecified atom stereocenters.